The maximum atomic E-state index is 5.96. The summed E-state index contributed by atoms with van der Waals surface area (Å²) in [7, 11) is 0. The van der Waals surface area contributed by atoms with Crippen LogP contribution in [0.25, 0.3) is 0 Å². The molecule has 0 radical (unpaired) electrons. The predicted octanol–water partition coefficient (Wildman–Crippen LogP) is 5.06. The van der Waals surface area contributed by atoms with E-state index in [4.69, 9.17) is 10.5 Å². The number of aryl methyl sites for hydroxylation is 1. The maximum absolute atomic E-state index is 5.96. The lowest BCUT2D eigenvalue weighted by Gasteiger charge is -2.23. The lowest BCUT2D eigenvalue weighted by molar-refractivity contribution is 0.477. The summed E-state index contributed by atoms with van der Waals surface area (Å²) in [5.74, 6) is 1.57. The maximum Gasteiger partial charge on any atom is 0.153 e. The summed E-state index contributed by atoms with van der Waals surface area (Å²) in [6, 6.07) is 14.1. The molecule has 20 heavy (non-hydrogen) atoms. The summed E-state index contributed by atoms with van der Waals surface area (Å²) in [6.45, 7) is 8.71. The predicted molar refractivity (Wildman–Crippen MR) is 85.4 cm³/mol. The third-order valence-corrected chi connectivity index (χ3v) is 3.98. The Morgan fingerprint density at radius 2 is 1.70 bits per heavy atom. The van der Waals surface area contributed by atoms with Gasteiger partial charge in [0.25, 0.3) is 0 Å². The Balaban J connectivity index is 2.24. The molecule has 0 fully saturated rings. The molecule has 2 aromatic carbocycles. The molecule has 0 amide bonds. The molecule has 0 spiro atoms. The number of hydrogen-bond acceptors (Lipinski definition) is 2. The molecule has 2 N–H and O–H groups in total. The van der Waals surface area contributed by atoms with Gasteiger partial charge in [-0.3, -0.25) is 0 Å². The fourth-order valence-corrected chi connectivity index (χ4v) is 2.11. The van der Waals surface area contributed by atoms with E-state index in [1.807, 2.05) is 37.3 Å². The summed E-state index contributed by atoms with van der Waals surface area (Å²) in [5, 5.41) is 0. The second kappa shape index (κ2) is 5.58. The molecule has 0 aliphatic rings. The standard InChI is InChI=1S/C18H23NO/c1-5-18(3,4)14-9-11-15(12-10-14)20-17-13(2)7-6-8-16(17)19/h6-12H,5,19H2,1-4H3. The summed E-state index contributed by atoms with van der Waals surface area (Å²) in [6.07, 6.45) is 1.11. The van der Waals surface area contributed by atoms with Crippen molar-refractivity contribution in [3.8, 4) is 11.5 Å². The van der Waals surface area contributed by atoms with Gasteiger partial charge in [-0.25, -0.2) is 0 Å². The molecule has 2 nitrogen and oxygen atoms in total. The molecule has 0 bridgehead atoms. The topological polar surface area (TPSA) is 35.2 Å². The smallest absolute Gasteiger partial charge is 0.153 e. The minimum atomic E-state index is 0.195. The van der Waals surface area contributed by atoms with Crippen LogP contribution >= 0.6 is 0 Å². The molecule has 0 atom stereocenters. The van der Waals surface area contributed by atoms with Gasteiger partial charge in [0, 0.05) is 0 Å². The van der Waals surface area contributed by atoms with Gasteiger partial charge in [0.05, 0.1) is 5.69 Å². The lowest BCUT2D eigenvalue weighted by atomic mass is 9.82. The van der Waals surface area contributed by atoms with Crippen LogP contribution in [0.4, 0.5) is 5.69 Å². The first-order valence-electron chi connectivity index (χ1n) is 7.07. The first-order valence-corrected chi connectivity index (χ1v) is 7.07. The van der Waals surface area contributed by atoms with Crippen LogP contribution in [0.15, 0.2) is 42.5 Å². The van der Waals surface area contributed by atoms with E-state index < -0.39 is 0 Å². The molecule has 2 aromatic rings. The normalized spacial score (nSPS) is 11.4. The van der Waals surface area contributed by atoms with Crippen molar-refractivity contribution in [2.45, 2.75) is 39.5 Å². The van der Waals surface area contributed by atoms with Gasteiger partial charge in [0.2, 0.25) is 0 Å². The minimum absolute atomic E-state index is 0.195. The highest BCUT2D eigenvalue weighted by molar-refractivity contribution is 5.57. The monoisotopic (exact) mass is 269 g/mol. The fourth-order valence-electron chi connectivity index (χ4n) is 2.11. The van der Waals surface area contributed by atoms with E-state index in [0.717, 1.165) is 23.5 Å². The minimum Gasteiger partial charge on any atom is -0.455 e. The fraction of sp³-hybridized carbons (Fsp3) is 0.333. The Morgan fingerprint density at radius 1 is 1.05 bits per heavy atom. The zero-order valence-corrected chi connectivity index (χ0v) is 12.7. The summed E-state index contributed by atoms with van der Waals surface area (Å²) >= 11 is 0. The van der Waals surface area contributed by atoms with Crippen LogP contribution in [0, 0.1) is 6.92 Å². The average Bonchev–Trinajstić information content (AvgIpc) is 2.43. The SMILES string of the molecule is CCC(C)(C)c1ccc(Oc2c(C)cccc2N)cc1. The Morgan fingerprint density at radius 3 is 2.25 bits per heavy atom. The van der Waals surface area contributed by atoms with Crippen molar-refractivity contribution in [1.29, 1.82) is 0 Å². The summed E-state index contributed by atoms with van der Waals surface area (Å²) in [5.41, 5.74) is 9.20. The van der Waals surface area contributed by atoms with E-state index in [2.05, 4.69) is 32.9 Å². The third-order valence-electron chi connectivity index (χ3n) is 3.98. The number of rotatable bonds is 4. The summed E-state index contributed by atoms with van der Waals surface area (Å²) < 4.78 is 5.92. The second-order valence-electron chi connectivity index (χ2n) is 5.86. The second-order valence-corrected chi connectivity index (χ2v) is 5.86. The van der Waals surface area contributed by atoms with Crippen molar-refractivity contribution in [2.75, 3.05) is 5.73 Å². The van der Waals surface area contributed by atoms with Crippen LogP contribution in [0.5, 0.6) is 11.5 Å². The van der Waals surface area contributed by atoms with E-state index in [9.17, 15) is 0 Å². The van der Waals surface area contributed by atoms with Crippen molar-refractivity contribution < 1.29 is 4.74 Å². The van der Waals surface area contributed by atoms with E-state index in [1.165, 1.54) is 5.56 Å². The zero-order chi connectivity index (χ0) is 14.8. The largest absolute Gasteiger partial charge is 0.455 e. The molecule has 0 saturated carbocycles. The molecule has 0 unspecified atom stereocenters. The van der Waals surface area contributed by atoms with Crippen LogP contribution in [-0.2, 0) is 5.41 Å². The number of nitrogens with two attached hydrogens (primary N) is 1. The Bertz CT molecular complexity index is 565. The van der Waals surface area contributed by atoms with E-state index in [-0.39, 0.29) is 5.41 Å². The Hall–Kier alpha value is -1.96. The summed E-state index contributed by atoms with van der Waals surface area (Å²) in [4.78, 5) is 0. The molecule has 0 aliphatic heterocycles. The highest BCUT2D eigenvalue weighted by Gasteiger charge is 2.17. The Labute approximate surface area is 121 Å². The van der Waals surface area contributed by atoms with Crippen molar-refractivity contribution in [1.82, 2.24) is 0 Å². The number of anilines is 1. The van der Waals surface area contributed by atoms with Crippen LogP contribution in [0.1, 0.15) is 38.3 Å². The lowest BCUT2D eigenvalue weighted by Crippen LogP contribution is -2.14. The molecule has 2 rings (SSSR count). The number of nitrogen functional groups attached to an aromatic ring is 1. The van der Waals surface area contributed by atoms with Crippen LogP contribution in [0.3, 0.4) is 0 Å². The molecular weight excluding hydrogens is 246 g/mol. The number of para-hydroxylation sites is 1. The van der Waals surface area contributed by atoms with Gasteiger partial charge in [-0.05, 0) is 48.1 Å². The molecule has 0 heterocycles. The van der Waals surface area contributed by atoms with Crippen molar-refractivity contribution in [3.63, 3.8) is 0 Å². The van der Waals surface area contributed by atoms with Crippen LogP contribution in [-0.4, -0.2) is 0 Å². The zero-order valence-electron chi connectivity index (χ0n) is 12.7. The highest BCUT2D eigenvalue weighted by Crippen LogP contribution is 2.33. The number of hydrogen-bond donors (Lipinski definition) is 1. The quantitative estimate of drug-likeness (QED) is 0.788. The molecular formula is C18H23NO. The number of ether oxygens (including phenoxy) is 1. The highest BCUT2D eigenvalue weighted by atomic mass is 16.5. The third kappa shape index (κ3) is 2.96. The van der Waals surface area contributed by atoms with Gasteiger partial charge in [0.1, 0.15) is 5.75 Å². The molecule has 0 saturated heterocycles. The molecule has 106 valence electrons. The molecule has 2 heteroatoms. The van der Waals surface area contributed by atoms with Crippen LogP contribution < -0.4 is 10.5 Å². The van der Waals surface area contributed by atoms with Gasteiger partial charge in [-0.15, -0.1) is 0 Å². The van der Waals surface area contributed by atoms with Gasteiger partial charge in [-0.1, -0.05) is 45.0 Å². The van der Waals surface area contributed by atoms with E-state index in [1.54, 1.807) is 0 Å². The van der Waals surface area contributed by atoms with Crippen molar-refractivity contribution >= 4 is 5.69 Å². The van der Waals surface area contributed by atoms with Crippen molar-refractivity contribution in [3.05, 3.63) is 53.6 Å². The van der Waals surface area contributed by atoms with Gasteiger partial charge in [0.15, 0.2) is 5.75 Å². The number of benzene rings is 2. The van der Waals surface area contributed by atoms with Crippen LogP contribution in [0.2, 0.25) is 0 Å². The van der Waals surface area contributed by atoms with E-state index >= 15 is 0 Å². The molecule has 0 aliphatic carbocycles. The van der Waals surface area contributed by atoms with Gasteiger partial charge in [-0.2, -0.15) is 0 Å². The first-order chi connectivity index (χ1) is 9.44. The van der Waals surface area contributed by atoms with Crippen molar-refractivity contribution in [2.24, 2.45) is 0 Å². The average molecular weight is 269 g/mol. The van der Waals surface area contributed by atoms with E-state index in [0.29, 0.717) is 5.69 Å². The Kier molecular flexibility index (Phi) is 4.03. The molecule has 0 aromatic heterocycles. The van der Waals surface area contributed by atoms with Gasteiger partial charge < -0.3 is 10.5 Å². The first kappa shape index (κ1) is 14.4. The van der Waals surface area contributed by atoms with Gasteiger partial charge >= 0.3 is 0 Å².